The highest BCUT2D eigenvalue weighted by molar-refractivity contribution is 7.89. The number of rotatable bonds is 6. The predicted octanol–water partition coefficient (Wildman–Crippen LogP) is 3.58. The summed E-state index contributed by atoms with van der Waals surface area (Å²) < 4.78 is 51.3. The molecule has 0 amide bonds. The zero-order valence-electron chi connectivity index (χ0n) is 20.3. The molecule has 0 heterocycles. The number of sulfonamides is 2. The van der Waals surface area contributed by atoms with Crippen molar-refractivity contribution >= 4 is 31.5 Å². The lowest BCUT2D eigenvalue weighted by Gasteiger charge is -2.14. The normalized spacial score (nSPS) is 32.8. The van der Waals surface area contributed by atoms with Crippen molar-refractivity contribution in [3.8, 4) is 0 Å². The van der Waals surface area contributed by atoms with E-state index in [1.807, 2.05) is 13.8 Å². The van der Waals surface area contributed by atoms with E-state index in [-0.39, 0.29) is 33.5 Å². The first-order valence-electron chi connectivity index (χ1n) is 12.5. The van der Waals surface area contributed by atoms with Crippen molar-refractivity contribution in [2.24, 2.45) is 45.7 Å². The summed E-state index contributed by atoms with van der Waals surface area (Å²) in [5.41, 5.74) is 3.95. The lowest BCUT2D eigenvalue weighted by Crippen LogP contribution is -2.26. The van der Waals surface area contributed by atoms with E-state index in [0.29, 0.717) is 11.8 Å². The first-order chi connectivity index (χ1) is 17.2. The molecule has 4 aliphatic carbocycles. The Labute approximate surface area is 212 Å². The average molecular weight is 527 g/mol. The topological polar surface area (TPSA) is 117 Å². The second-order valence-electron chi connectivity index (χ2n) is 10.6. The molecule has 0 bridgehead atoms. The van der Waals surface area contributed by atoms with Crippen LogP contribution in [0.5, 0.6) is 0 Å². The third-order valence-electron chi connectivity index (χ3n) is 8.65. The van der Waals surface area contributed by atoms with E-state index in [1.54, 1.807) is 48.5 Å². The molecule has 0 radical (unpaired) electrons. The lowest BCUT2D eigenvalue weighted by atomic mass is 9.90. The molecule has 0 saturated heterocycles. The van der Waals surface area contributed by atoms with Crippen molar-refractivity contribution in [3.05, 3.63) is 59.7 Å². The second-order valence-corrected chi connectivity index (χ2v) is 13.9. The summed E-state index contributed by atoms with van der Waals surface area (Å²) in [7, 11) is -7.45. The van der Waals surface area contributed by atoms with Crippen LogP contribution in [0.25, 0.3) is 0 Å². The molecule has 4 saturated carbocycles. The third kappa shape index (κ3) is 3.76. The maximum Gasteiger partial charge on any atom is 0.276 e. The molecule has 10 heteroatoms. The molecule has 2 aromatic carbocycles. The van der Waals surface area contributed by atoms with Gasteiger partial charge in [0, 0.05) is 35.1 Å². The van der Waals surface area contributed by atoms with Gasteiger partial charge in [-0.2, -0.15) is 27.0 Å². The second kappa shape index (κ2) is 8.41. The fourth-order valence-corrected chi connectivity index (χ4v) is 8.80. The first kappa shape index (κ1) is 23.7. The van der Waals surface area contributed by atoms with Crippen LogP contribution in [0.1, 0.15) is 36.8 Å². The van der Waals surface area contributed by atoms with Gasteiger partial charge in [0.25, 0.3) is 20.0 Å². The monoisotopic (exact) mass is 526 g/mol. The van der Waals surface area contributed by atoms with Gasteiger partial charge in [-0.05, 0) is 75.6 Å². The summed E-state index contributed by atoms with van der Waals surface area (Å²) in [5.74, 6) is 1.58. The van der Waals surface area contributed by atoms with E-state index in [4.69, 9.17) is 0 Å². The fourth-order valence-electron chi connectivity index (χ4n) is 7.15. The number of benzene rings is 2. The van der Waals surface area contributed by atoms with Gasteiger partial charge in [0.05, 0.1) is 9.79 Å². The third-order valence-corrected chi connectivity index (χ3v) is 11.1. The van der Waals surface area contributed by atoms with Crippen molar-refractivity contribution in [2.75, 3.05) is 0 Å². The van der Waals surface area contributed by atoms with E-state index < -0.39 is 20.0 Å². The largest absolute Gasteiger partial charge is 0.276 e. The van der Waals surface area contributed by atoms with Crippen LogP contribution in [0.2, 0.25) is 0 Å². The molecule has 2 aromatic rings. The van der Waals surface area contributed by atoms with Gasteiger partial charge >= 0.3 is 0 Å². The highest BCUT2D eigenvalue weighted by Crippen LogP contribution is 2.65. The van der Waals surface area contributed by atoms with E-state index in [9.17, 15) is 16.8 Å². The van der Waals surface area contributed by atoms with Crippen molar-refractivity contribution in [1.82, 2.24) is 9.66 Å². The fraction of sp³-hybridized carbons (Fsp3) is 0.462. The van der Waals surface area contributed by atoms with Crippen LogP contribution in [-0.4, -0.2) is 28.3 Å². The molecule has 36 heavy (non-hydrogen) atoms. The van der Waals surface area contributed by atoms with Gasteiger partial charge in [0.15, 0.2) is 0 Å². The van der Waals surface area contributed by atoms with Crippen molar-refractivity contribution in [3.63, 3.8) is 0 Å². The molecule has 2 N–H and O–H groups in total. The summed E-state index contributed by atoms with van der Waals surface area (Å²) in [6, 6.07) is 13.5. The number of nitrogens with one attached hydrogen (secondary N) is 2. The summed E-state index contributed by atoms with van der Waals surface area (Å²) in [6.45, 7) is 3.83. The maximum absolute atomic E-state index is 12.8. The number of aryl methyl sites for hydroxylation is 2. The van der Waals surface area contributed by atoms with E-state index in [0.717, 1.165) is 48.2 Å². The Bertz CT molecular complexity index is 1320. The summed E-state index contributed by atoms with van der Waals surface area (Å²) in [4.78, 5) is 5.43. The lowest BCUT2D eigenvalue weighted by molar-refractivity contribution is 0.322. The molecule has 6 rings (SSSR count). The quantitative estimate of drug-likeness (QED) is 0.560. The molecule has 2 unspecified atom stereocenters. The predicted molar refractivity (Wildman–Crippen MR) is 137 cm³/mol. The minimum atomic E-state index is -3.73. The molecule has 6 atom stereocenters. The van der Waals surface area contributed by atoms with E-state index >= 15 is 0 Å². The molecule has 190 valence electrons. The van der Waals surface area contributed by atoms with Crippen molar-refractivity contribution in [2.45, 2.75) is 49.3 Å². The van der Waals surface area contributed by atoms with E-state index in [2.05, 4.69) is 19.9 Å². The van der Waals surface area contributed by atoms with Gasteiger partial charge in [-0.1, -0.05) is 35.4 Å². The summed E-state index contributed by atoms with van der Waals surface area (Å²) in [5, 5.41) is 9.04. The Hall–Kier alpha value is -2.72. The van der Waals surface area contributed by atoms with Crippen LogP contribution in [0, 0.1) is 49.4 Å². The Morgan fingerprint density at radius 3 is 1.19 bits per heavy atom. The van der Waals surface area contributed by atoms with Crippen LogP contribution < -0.4 is 9.66 Å². The van der Waals surface area contributed by atoms with Gasteiger partial charge in [0.2, 0.25) is 0 Å². The maximum atomic E-state index is 12.8. The zero-order valence-corrected chi connectivity index (χ0v) is 21.9. The van der Waals surface area contributed by atoms with Crippen LogP contribution in [0.15, 0.2) is 68.5 Å². The van der Waals surface area contributed by atoms with Crippen LogP contribution in [0.4, 0.5) is 0 Å². The minimum absolute atomic E-state index is 0.208. The molecule has 4 fully saturated rings. The van der Waals surface area contributed by atoms with Crippen molar-refractivity contribution in [1.29, 1.82) is 0 Å². The highest BCUT2D eigenvalue weighted by atomic mass is 32.2. The van der Waals surface area contributed by atoms with Crippen molar-refractivity contribution < 1.29 is 16.8 Å². The van der Waals surface area contributed by atoms with Gasteiger partial charge in [0.1, 0.15) is 0 Å². The van der Waals surface area contributed by atoms with Gasteiger partial charge in [-0.3, -0.25) is 0 Å². The Morgan fingerprint density at radius 2 is 0.889 bits per heavy atom. The van der Waals surface area contributed by atoms with Gasteiger partial charge < -0.3 is 0 Å². The minimum Gasteiger partial charge on any atom is -0.200 e. The molecule has 4 aliphatic rings. The number of hydrogen-bond donors (Lipinski definition) is 2. The molecular formula is C26H30N4O4S2. The van der Waals surface area contributed by atoms with Crippen LogP contribution in [-0.2, 0) is 20.0 Å². The highest BCUT2D eigenvalue weighted by Gasteiger charge is 2.65. The Kier molecular flexibility index (Phi) is 5.53. The Morgan fingerprint density at radius 1 is 0.583 bits per heavy atom. The molecule has 0 aliphatic heterocycles. The van der Waals surface area contributed by atoms with E-state index in [1.165, 1.54) is 0 Å². The molecule has 0 spiro atoms. The number of hydrazone groups is 2. The zero-order chi connectivity index (χ0) is 25.2. The molecular weight excluding hydrogens is 496 g/mol. The smallest absolute Gasteiger partial charge is 0.200 e. The number of hydrogen-bond acceptors (Lipinski definition) is 6. The summed E-state index contributed by atoms with van der Waals surface area (Å²) in [6.07, 6.45) is 3.68. The van der Waals surface area contributed by atoms with Crippen LogP contribution >= 0.6 is 0 Å². The average Bonchev–Trinajstić information content (AvgIpc) is 3.57. The van der Waals surface area contributed by atoms with Gasteiger partial charge in [-0.25, -0.2) is 9.66 Å². The van der Waals surface area contributed by atoms with Gasteiger partial charge in [-0.15, -0.1) is 0 Å². The standard InChI is InChI=1S/C26H30N4O4S2/c1-15-3-7-17(8-4-15)35(31,32)29-27-25-19-11-13-21-23(19)24-20(25)12-14-22(24)26(21)28-30-36(33,34)18-9-5-16(2)6-10-18/h3-10,19-24,29-30H,11-14H2,1-2H3/t19-,20-,21-,22+,23?,24?/m1/s1. The Balaban J connectivity index is 1.23. The number of nitrogens with zero attached hydrogens (tertiary/aromatic N) is 2. The first-order valence-corrected chi connectivity index (χ1v) is 15.4. The van der Waals surface area contributed by atoms with Crippen LogP contribution in [0.3, 0.4) is 0 Å². The molecule has 0 aromatic heterocycles. The molecule has 8 nitrogen and oxygen atoms in total. The summed E-state index contributed by atoms with van der Waals surface area (Å²) >= 11 is 0. The SMILES string of the molecule is Cc1ccc(S(=O)(=O)NN=C2[C@H]3CC[C@H]4C(=NNS(=O)(=O)c5ccc(C)cc5)[C@@H]5CC[C@@H]2C5C34)cc1.